The number of aromatic nitrogens is 4. The number of nitrogens with zero attached hydrogens (tertiary/aromatic N) is 3. The molecule has 0 unspecified atom stereocenters. The normalized spacial score (nSPS) is 12.4. The molecule has 6 heteroatoms. The van der Waals surface area contributed by atoms with Gasteiger partial charge in [-0.3, -0.25) is 0 Å². The maximum Gasteiger partial charge on any atom is 1.00 e. The van der Waals surface area contributed by atoms with Crippen molar-refractivity contribution in [2.24, 2.45) is 0 Å². The average Bonchev–Trinajstić information content (AvgIpc) is 3.72. The smallest absolute Gasteiger partial charge is 0.868 e. The van der Waals surface area contributed by atoms with Gasteiger partial charge in [-0.25, -0.2) is 19.9 Å². The van der Waals surface area contributed by atoms with Crippen LogP contribution in [0.1, 0.15) is 22.3 Å². The predicted molar refractivity (Wildman–Crippen MR) is 212 cm³/mol. The van der Waals surface area contributed by atoms with E-state index in [-0.39, 0.29) is 24.6 Å². The van der Waals surface area contributed by atoms with Crippen molar-refractivity contribution in [1.82, 2.24) is 15.0 Å². The summed E-state index contributed by atoms with van der Waals surface area (Å²) in [5.74, 6) is 2.04. The number of nitrogens with one attached hydrogen (secondary N) is 1. The molecule has 0 saturated carbocycles. The number of pyridine rings is 1. The maximum atomic E-state index is 11.1. The van der Waals surface area contributed by atoms with E-state index in [2.05, 4.69) is 120 Å². The number of para-hydroxylation sites is 1. The zero-order valence-corrected chi connectivity index (χ0v) is 30.1. The molecule has 2 aliphatic rings. The summed E-state index contributed by atoms with van der Waals surface area (Å²) in [7, 11) is 0. The van der Waals surface area contributed by atoms with Crippen molar-refractivity contribution in [3.63, 3.8) is 0 Å². The van der Waals surface area contributed by atoms with Crippen molar-refractivity contribution in [1.29, 1.82) is 0 Å². The first kappa shape index (κ1) is 34.1. The Balaban J connectivity index is 0.000000285. The summed E-state index contributed by atoms with van der Waals surface area (Å²) in [6.45, 7) is 0. The molecule has 9 aromatic rings. The van der Waals surface area contributed by atoms with E-state index in [0.29, 0.717) is 23.0 Å². The van der Waals surface area contributed by atoms with Crippen LogP contribution in [0.3, 0.4) is 0 Å². The minimum Gasteiger partial charge on any atom is -0.868 e. The largest absolute Gasteiger partial charge is 1.00 e. The first-order valence-corrected chi connectivity index (χ1v) is 18.1. The standard InChI is InChI=1S/C40H25N3.C9H7NO.Li/c1-3-13-26(14-4-1)37-41-38(27-15-5-2-6-16-27)43-39(42-37)28-23-24-32-31-19-9-12-22-35(31)40(36(32)25-28)33-20-10-7-17-29(33)30-18-8-11-21-34(30)40;11-8-5-1-3-7-4-2-6-10-9(7)8;/h1-25H;1-6,11H;/q;;+1. The molecule has 7 aromatic carbocycles. The first-order valence-electron chi connectivity index (χ1n) is 18.1. The predicted octanol–water partition coefficient (Wildman–Crippen LogP) is 6.95. The van der Waals surface area contributed by atoms with Gasteiger partial charge in [-0.1, -0.05) is 158 Å². The maximum absolute atomic E-state index is 11.1. The Morgan fingerprint density at radius 3 is 1.38 bits per heavy atom. The number of H-pyrrole nitrogens is 1. The van der Waals surface area contributed by atoms with Crippen molar-refractivity contribution >= 4 is 10.9 Å². The number of benzene rings is 7. The van der Waals surface area contributed by atoms with Crippen LogP contribution in [0, 0.1) is 0 Å². The van der Waals surface area contributed by atoms with Crippen LogP contribution in [0.15, 0.2) is 188 Å². The molecule has 0 amide bonds. The van der Waals surface area contributed by atoms with E-state index >= 15 is 0 Å². The summed E-state index contributed by atoms with van der Waals surface area (Å²) in [6, 6.07) is 62.7. The Labute approximate surface area is 331 Å². The molecule has 5 nitrogen and oxygen atoms in total. The van der Waals surface area contributed by atoms with Gasteiger partial charge in [0.05, 0.1) is 5.41 Å². The molecule has 0 aliphatic heterocycles. The number of fused-ring (bicyclic) bond motifs is 11. The second-order valence-electron chi connectivity index (χ2n) is 13.6. The molecule has 0 saturated heterocycles. The fourth-order valence-electron chi connectivity index (χ4n) is 8.30. The third-order valence-corrected chi connectivity index (χ3v) is 10.6. The van der Waals surface area contributed by atoms with Crippen LogP contribution in [0.4, 0.5) is 0 Å². The fraction of sp³-hybridized carbons (Fsp3) is 0.0204. The van der Waals surface area contributed by atoms with Gasteiger partial charge in [0.15, 0.2) is 23.7 Å². The second kappa shape index (κ2) is 14.0. The number of rotatable bonds is 3. The average molecular weight is 700 g/mol. The van der Waals surface area contributed by atoms with Crippen LogP contribution in [0.2, 0.25) is 0 Å². The summed E-state index contributed by atoms with van der Waals surface area (Å²) in [6.07, 6.45) is 1.75. The van der Waals surface area contributed by atoms with E-state index in [1.807, 2.05) is 54.6 Å². The van der Waals surface area contributed by atoms with Gasteiger partial charge in [-0.15, -0.1) is 0 Å². The SMILES string of the molecule is [Li+].[O-]c1cccc2ccc[nH+]c12.c1ccc(-c2nc(-c3ccccc3)nc(-c3ccc4c(c3)C3(c5ccccc5-c5ccccc53)c3ccccc3-4)n2)cc1. The molecular formula is C49H32LiN4O+. The zero-order valence-electron chi connectivity index (χ0n) is 30.1. The van der Waals surface area contributed by atoms with Crippen molar-refractivity contribution in [2.45, 2.75) is 5.41 Å². The Bertz CT molecular complexity index is 2730. The number of aromatic amines is 1. The summed E-state index contributed by atoms with van der Waals surface area (Å²) in [4.78, 5) is 17.9. The van der Waals surface area contributed by atoms with Crippen molar-refractivity contribution in [3.8, 4) is 62.2 Å². The molecule has 0 atom stereocenters. The molecule has 254 valence electrons. The van der Waals surface area contributed by atoms with Crippen LogP contribution in [-0.4, -0.2) is 15.0 Å². The van der Waals surface area contributed by atoms with E-state index in [4.69, 9.17) is 15.0 Å². The van der Waals surface area contributed by atoms with Gasteiger partial charge >= 0.3 is 18.9 Å². The molecule has 2 aliphatic carbocycles. The minimum atomic E-state index is -0.410. The summed E-state index contributed by atoms with van der Waals surface area (Å²) >= 11 is 0. The van der Waals surface area contributed by atoms with Gasteiger partial charge in [0.25, 0.3) is 0 Å². The van der Waals surface area contributed by atoms with E-state index < -0.39 is 5.41 Å². The molecule has 0 bridgehead atoms. The Kier molecular flexibility index (Phi) is 8.67. The van der Waals surface area contributed by atoms with Crippen LogP contribution in [-0.2, 0) is 5.41 Å². The van der Waals surface area contributed by atoms with Crippen LogP contribution in [0.5, 0.6) is 5.75 Å². The van der Waals surface area contributed by atoms with E-state index in [9.17, 15) is 5.11 Å². The molecule has 2 aromatic heterocycles. The van der Waals surface area contributed by atoms with E-state index in [1.165, 1.54) is 44.5 Å². The molecule has 0 fully saturated rings. The first-order chi connectivity index (χ1) is 26.7. The van der Waals surface area contributed by atoms with Crippen molar-refractivity contribution in [3.05, 3.63) is 210 Å². The number of hydrogen-bond donors (Lipinski definition) is 0. The summed E-state index contributed by atoms with van der Waals surface area (Å²) in [5.41, 5.74) is 13.5. The molecule has 11 rings (SSSR count). The molecule has 1 spiro atoms. The third-order valence-electron chi connectivity index (χ3n) is 10.6. The van der Waals surface area contributed by atoms with Gasteiger partial charge in [0.1, 0.15) is 0 Å². The monoisotopic (exact) mass is 699 g/mol. The van der Waals surface area contributed by atoms with E-state index in [1.54, 1.807) is 18.3 Å². The Morgan fingerprint density at radius 2 is 0.855 bits per heavy atom. The molecule has 55 heavy (non-hydrogen) atoms. The van der Waals surface area contributed by atoms with E-state index in [0.717, 1.165) is 22.1 Å². The Morgan fingerprint density at radius 1 is 0.400 bits per heavy atom. The Hall–Kier alpha value is -6.64. The van der Waals surface area contributed by atoms with Crippen molar-refractivity contribution in [2.75, 3.05) is 0 Å². The third kappa shape index (κ3) is 5.56. The summed E-state index contributed by atoms with van der Waals surface area (Å²) < 4.78 is 0. The molecule has 2 heterocycles. The zero-order chi connectivity index (χ0) is 36.1. The van der Waals surface area contributed by atoms with Gasteiger partial charge in [-0.2, -0.15) is 0 Å². The summed E-state index contributed by atoms with van der Waals surface area (Å²) in [5, 5.41) is 12.1. The quantitative estimate of drug-likeness (QED) is 0.187. The van der Waals surface area contributed by atoms with Crippen molar-refractivity contribution < 1.29 is 29.0 Å². The molecule has 0 radical (unpaired) electrons. The fourth-order valence-corrected chi connectivity index (χ4v) is 8.30. The molecule has 1 N–H and O–H groups in total. The van der Waals surface area contributed by atoms with Crippen LogP contribution >= 0.6 is 0 Å². The topological polar surface area (TPSA) is 75.9 Å². The van der Waals surface area contributed by atoms with Crippen LogP contribution in [0.25, 0.3) is 67.3 Å². The molecular weight excluding hydrogens is 668 g/mol. The number of hydrogen-bond acceptors (Lipinski definition) is 4. The van der Waals surface area contributed by atoms with Gasteiger partial charge in [0, 0.05) is 28.1 Å². The van der Waals surface area contributed by atoms with Crippen LogP contribution < -0.4 is 29.0 Å². The minimum absolute atomic E-state index is 0. The van der Waals surface area contributed by atoms with Gasteiger partial charge in [-0.05, 0) is 68.5 Å². The van der Waals surface area contributed by atoms with Gasteiger partial charge in [0.2, 0.25) is 5.52 Å². The second-order valence-corrected chi connectivity index (χ2v) is 13.6. The van der Waals surface area contributed by atoms with Gasteiger partial charge < -0.3 is 5.11 Å².